The number of rotatable bonds is 7. The van der Waals surface area contributed by atoms with Crippen LogP contribution in [-0.4, -0.2) is 10.9 Å². The van der Waals surface area contributed by atoms with Crippen molar-refractivity contribution in [3.05, 3.63) is 106 Å². The summed E-state index contributed by atoms with van der Waals surface area (Å²) in [6.45, 7) is 0.0358. The van der Waals surface area contributed by atoms with Crippen molar-refractivity contribution in [2.45, 2.75) is 13.2 Å². The second-order valence-corrected chi connectivity index (χ2v) is 7.72. The van der Waals surface area contributed by atoms with Crippen LogP contribution in [-0.2, 0) is 13.2 Å². The van der Waals surface area contributed by atoms with Crippen LogP contribution in [0, 0.1) is 17.5 Å². The molecule has 0 aliphatic heterocycles. The molecule has 4 aromatic rings. The van der Waals surface area contributed by atoms with Gasteiger partial charge in [0, 0.05) is 17.5 Å². The molecular formula is C24H17F3N2O2S. The van der Waals surface area contributed by atoms with Gasteiger partial charge in [0.1, 0.15) is 40.5 Å². The minimum atomic E-state index is -0.658. The maximum absolute atomic E-state index is 13.7. The molecule has 0 spiro atoms. The number of benzene rings is 3. The molecule has 4 nitrogen and oxygen atoms in total. The van der Waals surface area contributed by atoms with Crippen molar-refractivity contribution in [2.75, 3.05) is 0 Å². The van der Waals surface area contributed by atoms with E-state index in [0.29, 0.717) is 10.8 Å². The molecule has 0 aliphatic rings. The van der Waals surface area contributed by atoms with Gasteiger partial charge in [0.05, 0.1) is 5.56 Å². The average molecular weight is 454 g/mol. The summed E-state index contributed by atoms with van der Waals surface area (Å²) in [4.78, 5) is 16.7. The maximum Gasteiger partial charge on any atom is 0.271 e. The molecule has 0 saturated carbocycles. The van der Waals surface area contributed by atoms with E-state index in [1.165, 1.54) is 41.7 Å². The Morgan fingerprint density at radius 3 is 2.31 bits per heavy atom. The number of carbonyl (C=O) groups is 1. The molecule has 1 heterocycles. The summed E-state index contributed by atoms with van der Waals surface area (Å²) < 4.78 is 45.8. The summed E-state index contributed by atoms with van der Waals surface area (Å²) in [5, 5.41) is 5.05. The zero-order chi connectivity index (χ0) is 22.5. The van der Waals surface area contributed by atoms with Gasteiger partial charge in [-0.2, -0.15) is 0 Å². The Labute approximate surface area is 186 Å². The van der Waals surface area contributed by atoms with E-state index in [2.05, 4.69) is 10.3 Å². The Kier molecular flexibility index (Phi) is 6.51. The van der Waals surface area contributed by atoms with Gasteiger partial charge in [-0.05, 0) is 54.1 Å². The molecular weight excluding hydrogens is 437 g/mol. The lowest BCUT2D eigenvalue weighted by molar-refractivity contribution is 0.0946. The Balaban J connectivity index is 1.36. The van der Waals surface area contributed by atoms with Crippen LogP contribution in [0.3, 0.4) is 0 Å². The fourth-order valence-corrected chi connectivity index (χ4v) is 3.71. The lowest BCUT2D eigenvalue weighted by Gasteiger charge is -2.08. The van der Waals surface area contributed by atoms with Crippen LogP contribution in [0.1, 0.15) is 21.6 Å². The number of nitrogens with zero attached hydrogens (tertiary/aromatic N) is 1. The number of nitrogens with one attached hydrogen (secondary N) is 1. The first-order valence-electron chi connectivity index (χ1n) is 9.64. The Bertz CT molecular complexity index is 1200. The van der Waals surface area contributed by atoms with E-state index in [0.717, 1.165) is 11.1 Å². The van der Waals surface area contributed by atoms with E-state index in [4.69, 9.17) is 4.74 Å². The van der Waals surface area contributed by atoms with Crippen molar-refractivity contribution in [1.82, 2.24) is 10.3 Å². The zero-order valence-electron chi connectivity index (χ0n) is 16.6. The Hall–Kier alpha value is -3.65. The molecule has 0 unspecified atom stereocenters. The predicted molar refractivity (Wildman–Crippen MR) is 116 cm³/mol. The van der Waals surface area contributed by atoms with E-state index in [9.17, 15) is 18.0 Å². The van der Waals surface area contributed by atoms with Crippen molar-refractivity contribution in [1.29, 1.82) is 0 Å². The van der Waals surface area contributed by atoms with Gasteiger partial charge in [0.15, 0.2) is 0 Å². The number of hydrogen-bond donors (Lipinski definition) is 1. The van der Waals surface area contributed by atoms with Crippen LogP contribution in [0.4, 0.5) is 13.2 Å². The number of amides is 1. The van der Waals surface area contributed by atoms with Crippen LogP contribution in [0.5, 0.6) is 5.75 Å². The summed E-state index contributed by atoms with van der Waals surface area (Å²) in [6.07, 6.45) is 0. The highest BCUT2D eigenvalue weighted by Gasteiger charge is 2.13. The van der Waals surface area contributed by atoms with Crippen LogP contribution in [0.2, 0.25) is 0 Å². The summed E-state index contributed by atoms with van der Waals surface area (Å²) in [6, 6.07) is 16.4. The van der Waals surface area contributed by atoms with Crippen molar-refractivity contribution >= 4 is 17.2 Å². The third kappa shape index (κ3) is 5.15. The summed E-state index contributed by atoms with van der Waals surface area (Å²) >= 11 is 1.31. The standard InChI is InChI=1S/C24H17F3N2O2S/c25-17-8-4-15(5-9-17)12-28-23(30)22-14-32-24(29-22)16-6-10-18(11-7-16)31-13-19-20(26)2-1-3-21(19)27/h1-11,14H,12-13H2,(H,28,30). The van der Waals surface area contributed by atoms with Crippen LogP contribution in [0.25, 0.3) is 10.6 Å². The molecule has 4 rings (SSSR count). The normalized spacial score (nSPS) is 10.7. The predicted octanol–water partition coefficient (Wildman–Crippen LogP) is 5.74. The van der Waals surface area contributed by atoms with E-state index in [1.54, 1.807) is 41.8 Å². The van der Waals surface area contributed by atoms with E-state index in [-0.39, 0.29) is 36.1 Å². The molecule has 8 heteroatoms. The van der Waals surface area contributed by atoms with Gasteiger partial charge in [0.25, 0.3) is 5.91 Å². The summed E-state index contributed by atoms with van der Waals surface area (Å²) in [5.41, 5.74) is 1.70. The summed E-state index contributed by atoms with van der Waals surface area (Å²) in [7, 11) is 0. The topological polar surface area (TPSA) is 51.2 Å². The van der Waals surface area contributed by atoms with Crippen molar-refractivity contribution in [2.24, 2.45) is 0 Å². The van der Waals surface area contributed by atoms with Gasteiger partial charge in [0.2, 0.25) is 0 Å². The Morgan fingerprint density at radius 1 is 0.938 bits per heavy atom. The zero-order valence-corrected chi connectivity index (χ0v) is 17.5. The van der Waals surface area contributed by atoms with Gasteiger partial charge in [-0.25, -0.2) is 18.2 Å². The first-order chi connectivity index (χ1) is 15.5. The monoisotopic (exact) mass is 454 g/mol. The fraction of sp³-hybridized carbons (Fsp3) is 0.0833. The molecule has 0 aliphatic carbocycles. The fourth-order valence-electron chi connectivity index (χ4n) is 2.91. The van der Waals surface area contributed by atoms with Crippen LogP contribution >= 0.6 is 11.3 Å². The number of carbonyl (C=O) groups excluding carboxylic acids is 1. The molecule has 1 amide bonds. The van der Waals surface area contributed by atoms with Gasteiger partial charge in [-0.1, -0.05) is 18.2 Å². The first-order valence-corrected chi connectivity index (χ1v) is 10.5. The van der Waals surface area contributed by atoms with E-state index in [1.807, 2.05) is 0 Å². The number of thiazole rings is 1. The minimum absolute atomic E-state index is 0.132. The third-order valence-corrected chi connectivity index (χ3v) is 5.54. The third-order valence-electron chi connectivity index (χ3n) is 4.65. The summed E-state index contributed by atoms with van der Waals surface area (Å²) in [5.74, 6) is -1.53. The molecule has 1 aromatic heterocycles. The SMILES string of the molecule is O=C(NCc1ccc(F)cc1)c1csc(-c2ccc(OCc3c(F)cccc3F)cc2)n1. The number of ether oxygens (including phenoxy) is 1. The Morgan fingerprint density at radius 2 is 1.62 bits per heavy atom. The average Bonchev–Trinajstić information content (AvgIpc) is 3.29. The smallest absolute Gasteiger partial charge is 0.271 e. The minimum Gasteiger partial charge on any atom is -0.489 e. The molecule has 0 saturated heterocycles. The number of hydrogen-bond acceptors (Lipinski definition) is 4. The van der Waals surface area contributed by atoms with Gasteiger partial charge < -0.3 is 10.1 Å². The van der Waals surface area contributed by atoms with Gasteiger partial charge >= 0.3 is 0 Å². The highest BCUT2D eigenvalue weighted by molar-refractivity contribution is 7.13. The largest absolute Gasteiger partial charge is 0.489 e. The molecule has 0 fully saturated rings. The molecule has 162 valence electrons. The second-order valence-electron chi connectivity index (χ2n) is 6.86. The van der Waals surface area contributed by atoms with Gasteiger partial charge in [-0.3, -0.25) is 4.79 Å². The van der Waals surface area contributed by atoms with Crippen LogP contribution < -0.4 is 10.1 Å². The van der Waals surface area contributed by atoms with Crippen molar-refractivity contribution in [3.8, 4) is 16.3 Å². The van der Waals surface area contributed by atoms with Crippen molar-refractivity contribution in [3.63, 3.8) is 0 Å². The lowest BCUT2D eigenvalue weighted by atomic mass is 10.2. The van der Waals surface area contributed by atoms with Gasteiger partial charge in [-0.15, -0.1) is 11.3 Å². The first kappa shape index (κ1) is 21.6. The number of halogens is 3. The van der Waals surface area contributed by atoms with Crippen LogP contribution in [0.15, 0.2) is 72.1 Å². The number of aromatic nitrogens is 1. The molecule has 1 N–H and O–H groups in total. The lowest BCUT2D eigenvalue weighted by Crippen LogP contribution is -2.23. The maximum atomic E-state index is 13.7. The quantitative estimate of drug-likeness (QED) is 0.388. The second kappa shape index (κ2) is 9.65. The molecule has 0 radical (unpaired) electrons. The molecule has 3 aromatic carbocycles. The highest BCUT2D eigenvalue weighted by atomic mass is 32.1. The van der Waals surface area contributed by atoms with Crippen molar-refractivity contribution < 1.29 is 22.7 Å². The molecule has 0 atom stereocenters. The van der Waals surface area contributed by atoms with E-state index >= 15 is 0 Å². The van der Waals surface area contributed by atoms with E-state index < -0.39 is 11.6 Å². The highest BCUT2D eigenvalue weighted by Crippen LogP contribution is 2.26. The molecule has 0 bridgehead atoms. The molecule has 32 heavy (non-hydrogen) atoms.